The molecule has 0 radical (unpaired) electrons. The first-order valence-electron chi connectivity index (χ1n) is 5.03. The summed E-state index contributed by atoms with van der Waals surface area (Å²) in [6.45, 7) is 1.71. The number of carboxylic acid groups (broad SMARTS) is 1. The molecule has 86 valence electrons. The lowest BCUT2D eigenvalue weighted by Gasteiger charge is -2.06. The molecule has 0 bridgehead atoms. The van der Waals surface area contributed by atoms with Gasteiger partial charge in [0.25, 0.3) is 0 Å². The van der Waals surface area contributed by atoms with Crippen molar-refractivity contribution in [3.63, 3.8) is 0 Å². The van der Waals surface area contributed by atoms with Crippen LogP contribution in [0.3, 0.4) is 0 Å². The van der Waals surface area contributed by atoms with E-state index in [4.69, 9.17) is 16.7 Å². The molecule has 1 aliphatic carbocycles. The molecule has 2 rings (SSSR count). The highest BCUT2D eigenvalue weighted by Crippen LogP contribution is 2.50. The van der Waals surface area contributed by atoms with Gasteiger partial charge in [-0.05, 0) is 24.8 Å². The Morgan fingerprint density at radius 2 is 2.44 bits per heavy atom. The number of carboxylic acids is 1. The molecule has 1 aromatic rings. The van der Waals surface area contributed by atoms with Crippen molar-refractivity contribution in [2.45, 2.75) is 25.7 Å². The minimum Gasteiger partial charge on any atom is -0.481 e. The Labute approximate surface area is 97.3 Å². The van der Waals surface area contributed by atoms with E-state index >= 15 is 0 Å². The van der Waals surface area contributed by atoms with Crippen LogP contribution in [-0.2, 0) is 4.79 Å². The van der Waals surface area contributed by atoms with Crippen LogP contribution < -0.4 is 0 Å². The highest BCUT2D eigenvalue weighted by atomic mass is 35.5. The SMILES string of the molecule is Cc1c(C2CC2CC(=O)O)ncc(F)c1Cl. The number of aliphatic carboxylic acids is 1. The van der Waals surface area contributed by atoms with E-state index < -0.39 is 11.8 Å². The van der Waals surface area contributed by atoms with Gasteiger partial charge in [0.05, 0.1) is 11.2 Å². The largest absolute Gasteiger partial charge is 0.481 e. The molecule has 2 unspecified atom stereocenters. The number of aromatic nitrogens is 1. The predicted molar refractivity (Wildman–Crippen MR) is 57.0 cm³/mol. The van der Waals surface area contributed by atoms with E-state index in [0.717, 1.165) is 18.3 Å². The van der Waals surface area contributed by atoms with Crippen LogP contribution in [0, 0.1) is 18.7 Å². The van der Waals surface area contributed by atoms with Crippen molar-refractivity contribution in [2.75, 3.05) is 0 Å². The van der Waals surface area contributed by atoms with Crippen LogP contribution in [0.5, 0.6) is 0 Å². The summed E-state index contributed by atoms with van der Waals surface area (Å²) in [6.07, 6.45) is 2.03. The highest BCUT2D eigenvalue weighted by Gasteiger charge is 2.41. The summed E-state index contributed by atoms with van der Waals surface area (Å²) in [5.41, 5.74) is 1.36. The molecule has 1 fully saturated rings. The lowest BCUT2D eigenvalue weighted by Crippen LogP contribution is -2.00. The number of hydrogen-bond acceptors (Lipinski definition) is 2. The van der Waals surface area contributed by atoms with Crippen LogP contribution in [0.2, 0.25) is 5.02 Å². The van der Waals surface area contributed by atoms with Crippen LogP contribution in [-0.4, -0.2) is 16.1 Å². The highest BCUT2D eigenvalue weighted by molar-refractivity contribution is 6.31. The fraction of sp³-hybridized carbons (Fsp3) is 0.455. The number of nitrogens with zero attached hydrogens (tertiary/aromatic N) is 1. The Hall–Kier alpha value is -1.16. The quantitative estimate of drug-likeness (QED) is 0.888. The van der Waals surface area contributed by atoms with Crippen molar-refractivity contribution < 1.29 is 14.3 Å². The second-order valence-electron chi connectivity index (χ2n) is 4.13. The Bertz CT molecular complexity index is 450. The predicted octanol–water partition coefficient (Wildman–Crippen LogP) is 2.76. The summed E-state index contributed by atoms with van der Waals surface area (Å²) in [5, 5.41) is 8.74. The van der Waals surface area contributed by atoms with Gasteiger partial charge in [0, 0.05) is 18.0 Å². The Kier molecular flexibility index (Phi) is 2.84. The molecular weight excluding hydrogens is 233 g/mol. The first-order valence-corrected chi connectivity index (χ1v) is 5.40. The minimum absolute atomic E-state index is 0.0889. The van der Waals surface area contributed by atoms with Crippen molar-refractivity contribution in [3.8, 4) is 0 Å². The second kappa shape index (κ2) is 4.01. The summed E-state index contributed by atoms with van der Waals surface area (Å²) in [4.78, 5) is 14.5. The van der Waals surface area contributed by atoms with E-state index in [1.807, 2.05) is 0 Å². The van der Waals surface area contributed by atoms with Crippen molar-refractivity contribution in [1.82, 2.24) is 4.98 Å². The lowest BCUT2D eigenvalue weighted by molar-refractivity contribution is -0.137. The number of pyridine rings is 1. The summed E-state index contributed by atoms with van der Waals surface area (Å²) in [6, 6.07) is 0. The van der Waals surface area contributed by atoms with Gasteiger partial charge in [0.2, 0.25) is 0 Å². The standard InChI is InChI=1S/C11H11ClFNO2/c1-5-10(12)8(13)4-14-11(5)7-2-6(7)3-9(15)16/h4,6-7H,2-3H2,1H3,(H,15,16). The van der Waals surface area contributed by atoms with Crippen molar-refractivity contribution >= 4 is 17.6 Å². The number of halogens is 2. The molecule has 0 aliphatic heterocycles. The Morgan fingerprint density at radius 3 is 3.06 bits per heavy atom. The fourth-order valence-electron chi connectivity index (χ4n) is 1.98. The Balaban J connectivity index is 2.18. The molecule has 1 aliphatic rings. The van der Waals surface area contributed by atoms with E-state index in [0.29, 0.717) is 5.56 Å². The first-order chi connectivity index (χ1) is 7.50. The smallest absolute Gasteiger partial charge is 0.303 e. The van der Waals surface area contributed by atoms with Gasteiger partial charge in [-0.2, -0.15) is 0 Å². The Morgan fingerprint density at radius 1 is 1.75 bits per heavy atom. The molecule has 16 heavy (non-hydrogen) atoms. The molecule has 1 N–H and O–H groups in total. The van der Waals surface area contributed by atoms with Gasteiger partial charge in [-0.3, -0.25) is 9.78 Å². The third-order valence-electron chi connectivity index (χ3n) is 2.95. The summed E-state index contributed by atoms with van der Waals surface area (Å²) >= 11 is 5.78. The van der Waals surface area contributed by atoms with Gasteiger partial charge in [-0.25, -0.2) is 4.39 Å². The van der Waals surface area contributed by atoms with Crippen LogP contribution in [0.1, 0.15) is 30.0 Å². The molecule has 2 atom stereocenters. The third kappa shape index (κ3) is 2.02. The zero-order valence-corrected chi connectivity index (χ0v) is 9.46. The molecule has 3 nitrogen and oxygen atoms in total. The molecule has 1 saturated carbocycles. The molecule has 0 spiro atoms. The summed E-state index contributed by atoms with van der Waals surface area (Å²) in [5.74, 6) is -1.10. The van der Waals surface area contributed by atoms with Crippen molar-refractivity contribution in [2.24, 2.45) is 5.92 Å². The monoisotopic (exact) mass is 243 g/mol. The first kappa shape index (κ1) is 11.3. The van der Waals surface area contributed by atoms with Gasteiger partial charge in [0.15, 0.2) is 5.82 Å². The summed E-state index contributed by atoms with van der Waals surface area (Å²) in [7, 11) is 0. The fourth-order valence-corrected chi connectivity index (χ4v) is 2.12. The number of carbonyl (C=O) groups is 1. The van der Waals surface area contributed by atoms with E-state index in [2.05, 4.69) is 4.98 Å². The topological polar surface area (TPSA) is 50.2 Å². The average molecular weight is 244 g/mol. The molecule has 0 saturated heterocycles. The molecular formula is C11H11ClFNO2. The average Bonchev–Trinajstić information content (AvgIpc) is 2.93. The zero-order valence-electron chi connectivity index (χ0n) is 8.70. The van der Waals surface area contributed by atoms with Gasteiger partial charge < -0.3 is 5.11 Å². The normalized spacial score (nSPS) is 23.2. The van der Waals surface area contributed by atoms with E-state index in [9.17, 15) is 9.18 Å². The van der Waals surface area contributed by atoms with E-state index in [1.165, 1.54) is 0 Å². The molecule has 1 aromatic heterocycles. The molecule has 0 aromatic carbocycles. The van der Waals surface area contributed by atoms with Gasteiger partial charge in [-0.15, -0.1) is 0 Å². The van der Waals surface area contributed by atoms with Crippen molar-refractivity contribution in [3.05, 3.63) is 28.3 Å². The van der Waals surface area contributed by atoms with Crippen LogP contribution >= 0.6 is 11.6 Å². The molecule has 1 heterocycles. The minimum atomic E-state index is -0.807. The van der Waals surface area contributed by atoms with E-state index in [1.54, 1.807) is 6.92 Å². The van der Waals surface area contributed by atoms with Gasteiger partial charge >= 0.3 is 5.97 Å². The molecule has 0 amide bonds. The number of rotatable bonds is 3. The third-order valence-corrected chi connectivity index (χ3v) is 3.41. The maximum Gasteiger partial charge on any atom is 0.303 e. The van der Waals surface area contributed by atoms with Crippen LogP contribution in [0.4, 0.5) is 4.39 Å². The maximum absolute atomic E-state index is 13.1. The lowest BCUT2D eigenvalue weighted by atomic mass is 10.1. The van der Waals surface area contributed by atoms with Gasteiger partial charge in [0.1, 0.15) is 0 Å². The van der Waals surface area contributed by atoms with E-state index in [-0.39, 0.29) is 23.3 Å². The van der Waals surface area contributed by atoms with Gasteiger partial charge in [-0.1, -0.05) is 11.6 Å². The van der Waals surface area contributed by atoms with Crippen molar-refractivity contribution in [1.29, 1.82) is 0 Å². The maximum atomic E-state index is 13.1. The summed E-state index contributed by atoms with van der Waals surface area (Å²) < 4.78 is 13.1. The number of hydrogen-bond donors (Lipinski definition) is 1. The van der Waals surface area contributed by atoms with Crippen LogP contribution in [0.25, 0.3) is 0 Å². The zero-order chi connectivity index (χ0) is 11.9. The molecule has 5 heteroatoms. The van der Waals surface area contributed by atoms with Crippen LogP contribution in [0.15, 0.2) is 6.20 Å². The second-order valence-corrected chi connectivity index (χ2v) is 4.51.